The van der Waals surface area contributed by atoms with Gasteiger partial charge in [-0.15, -0.1) is 12.4 Å². The van der Waals surface area contributed by atoms with E-state index in [9.17, 15) is 9.59 Å². The van der Waals surface area contributed by atoms with Crippen molar-refractivity contribution in [1.82, 2.24) is 34.1 Å². The number of benzene rings is 3. The minimum atomic E-state index is -0.606. The number of nitrogens with one attached hydrogen (secondary N) is 2. The average molecular weight is 970 g/mol. The van der Waals surface area contributed by atoms with Gasteiger partial charge < -0.3 is 49.0 Å². The van der Waals surface area contributed by atoms with Gasteiger partial charge in [-0.2, -0.15) is 0 Å². The first kappa shape index (κ1) is 48.5. The highest BCUT2D eigenvalue weighted by Gasteiger charge is 2.25. The number of methoxy groups -OCH3 is 2. The largest absolute Gasteiger partial charge is 0.495 e. The molecule has 0 saturated carbocycles. The van der Waals surface area contributed by atoms with Crippen LogP contribution in [0.5, 0.6) is 17.2 Å². The lowest BCUT2D eigenvalue weighted by Crippen LogP contribution is -2.19. The van der Waals surface area contributed by atoms with Crippen LogP contribution >= 0.6 is 12.4 Å². The van der Waals surface area contributed by atoms with Gasteiger partial charge in [-0.1, -0.05) is 36.4 Å². The summed E-state index contributed by atoms with van der Waals surface area (Å²) in [5.41, 5.74) is 19.3. The number of halogens is 1. The van der Waals surface area contributed by atoms with Gasteiger partial charge in [0.2, 0.25) is 0 Å². The van der Waals surface area contributed by atoms with Crippen LogP contribution in [0.4, 0.5) is 32.6 Å². The van der Waals surface area contributed by atoms with Crippen LogP contribution in [0.15, 0.2) is 116 Å². The molecule has 2 amide bonds. The number of carbonyl (C=O) groups excluding carboxylic acids is 2. The number of nitrogen functional groups attached to an aromatic ring is 2. The standard InChI is InChI=1S/C25H26N6O4.C25H25N5O4.ClH/c1-33-21-12-16(5-6-20(21)30-25(32)35-14-17-4-2-3-9-27-17)19-13-31(18-7-10-34-11-8-18)24-22(19)23(26)28-15-29-24;1-32-21-13-16(7-8-20(21)29-25(31)34-18-5-3-2-4-6-18)19-14-30(17-9-11-33-12-10-17)24-22(19)23(26)27-15-28-24;/h2-6,9,12-13,15,18H,7-8,10-11,14H2,1H3,(H,30,32)(H2,26,28,29);2-8,13-15,17H,9-12H2,1H3,(H,29,31)(H2,26,27,28);1H. The summed E-state index contributed by atoms with van der Waals surface area (Å²) in [5.74, 6) is 2.25. The molecule has 6 N–H and O–H groups in total. The Hall–Kier alpha value is -8.00. The summed E-state index contributed by atoms with van der Waals surface area (Å²) in [7, 11) is 3.10. The van der Waals surface area contributed by atoms with E-state index in [1.165, 1.54) is 12.7 Å². The summed E-state index contributed by atoms with van der Waals surface area (Å²) in [4.78, 5) is 46.3. The van der Waals surface area contributed by atoms with E-state index in [1.807, 2.05) is 36.4 Å². The fourth-order valence-corrected chi connectivity index (χ4v) is 8.56. The average Bonchev–Trinajstić information content (AvgIpc) is 3.99. The summed E-state index contributed by atoms with van der Waals surface area (Å²) in [6.07, 6.45) is 11.2. The molecule has 20 heteroatoms. The zero-order chi connectivity index (χ0) is 47.7. The predicted molar refractivity (Wildman–Crippen MR) is 267 cm³/mol. The van der Waals surface area contributed by atoms with E-state index in [1.54, 1.807) is 68.9 Å². The lowest BCUT2D eigenvalue weighted by atomic mass is 10.0. The number of rotatable bonds is 11. The summed E-state index contributed by atoms with van der Waals surface area (Å²) in [5, 5.41) is 7.05. The van der Waals surface area contributed by atoms with Crippen LogP contribution in [-0.4, -0.2) is 86.9 Å². The minimum Gasteiger partial charge on any atom is -0.495 e. The van der Waals surface area contributed by atoms with Crippen molar-refractivity contribution < 1.29 is 38.0 Å². The fraction of sp³-hybridized carbons (Fsp3) is 0.260. The number of nitrogens with zero attached hydrogens (tertiary/aromatic N) is 7. The van der Waals surface area contributed by atoms with Crippen molar-refractivity contribution >= 4 is 69.7 Å². The third-order valence-corrected chi connectivity index (χ3v) is 12.0. The maximum atomic E-state index is 12.4. The number of para-hydroxylation sites is 1. The molecule has 10 rings (SSSR count). The van der Waals surface area contributed by atoms with Crippen molar-refractivity contribution in [3.63, 3.8) is 0 Å². The van der Waals surface area contributed by atoms with Gasteiger partial charge >= 0.3 is 12.2 Å². The molecular formula is C50H52ClN11O8. The van der Waals surface area contributed by atoms with Gasteiger partial charge in [-0.3, -0.25) is 15.6 Å². The Bertz CT molecular complexity index is 3070. The van der Waals surface area contributed by atoms with E-state index in [0.717, 1.165) is 70.0 Å². The van der Waals surface area contributed by atoms with Gasteiger partial charge in [0.25, 0.3) is 0 Å². The number of nitrogens with two attached hydrogens (primary N) is 2. The molecule has 70 heavy (non-hydrogen) atoms. The smallest absolute Gasteiger partial charge is 0.417 e. The summed E-state index contributed by atoms with van der Waals surface area (Å²) in [6.45, 7) is 2.93. The Morgan fingerprint density at radius 2 is 1.14 bits per heavy atom. The van der Waals surface area contributed by atoms with Gasteiger partial charge in [0.1, 0.15) is 59.4 Å². The van der Waals surface area contributed by atoms with E-state index >= 15 is 0 Å². The predicted octanol–water partition coefficient (Wildman–Crippen LogP) is 9.26. The van der Waals surface area contributed by atoms with E-state index in [-0.39, 0.29) is 31.1 Å². The van der Waals surface area contributed by atoms with E-state index in [2.05, 4.69) is 57.1 Å². The van der Waals surface area contributed by atoms with Crippen molar-refractivity contribution in [2.75, 3.05) is 62.7 Å². The molecule has 2 saturated heterocycles. The van der Waals surface area contributed by atoms with Crippen LogP contribution in [0.25, 0.3) is 44.3 Å². The van der Waals surface area contributed by atoms with Crippen LogP contribution in [0.1, 0.15) is 43.5 Å². The lowest BCUT2D eigenvalue weighted by Gasteiger charge is -2.24. The Kier molecular flexibility index (Phi) is 15.5. The molecular weight excluding hydrogens is 918 g/mol. The summed E-state index contributed by atoms with van der Waals surface area (Å²) < 4.78 is 37.1. The molecule has 2 aliphatic heterocycles. The van der Waals surface area contributed by atoms with Crippen molar-refractivity contribution in [3.8, 4) is 39.5 Å². The second kappa shape index (κ2) is 22.4. The number of amides is 2. The molecule has 0 bridgehead atoms. The van der Waals surface area contributed by atoms with Crippen molar-refractivity contribution in [1.29, 1.82) is 0 Å². The van der Waals surface area contributed by atoms with Crippen LogP contribution in [0.2, 0.25) is 0 Å². The normalized spacial score (nSPS) is 13.9. The maximum absolute atomic E-state index is 12.4. The number of hydrogen-bond donors (Lipinski definition) is 4. The summed E-state index contributed by atoms with van der Waals surface area (Å²) >= 11 is 0. The Labute approximate surface area is 408 Å². The zero-order valence-electron chi connectivity index (χ0n) is 38.4. The molecule has 0 radical (unpaired) electrons. The van der Waals surface area contributed by atoms with Crippen LogP contribution in [-0.2, 0) is 20.8 Å². The Morgan fingerprint density at radius 1 is 0.643 bits per heavy atom. The number of anilines is 4. The highest BCUT2D eigenvalue weighted by atomic mass is 35.5. The van der Waals surface area contributed by atoms with Gasteiger partial charge in [0, 0.05) is 68.2 Å². The number of hydrogen-bond acceptors (Lipinski definition) is 15. The SMILES string of the molecule is COc1cc(-c2cn(C3CCOCC3)c3ncnc(N)c23)ccc1NC(=O)OCc1ccccn1.COc1cc(-c2cn(C3CCOCC3)c3ncnc(N)c23)ccc1NC(=O)Oc1ccccc1.Cl. The van der Waals surface area contributed by atoms with E-state index in [0.29, 0.717) is 72.4 Å². The van der Waals surface area contributed by atoms with Crippen molar-refractivity contribution in [3.05, 3.63) is 122 Å². The van der Waals surface area contributed by atoms with Crippen molar-refractivity contribution in [2.45, 2.75) is 44.4 Å². The molecule has 2 aliphatic rings. The first-order valence-electron chi connectivity index (χ1n) is 22.4. The molecule has 7 heterocycles. The molecule has 362 valence electrons. The monoisotopic (exact) mass is 969 g/mol. The maximum Gasteiger partial charge on any atom is 0.417 e. The molecule has 5 aromatic heterocycles. The molecule has 0 unspecified atom stereocenters. The third kappa shape index (κ3) is 10.8. The first-order valence-corrected chi connectivity index (χ1v) is 22.4. The second-order valence-corrected chi connectivity index (χ2v) is 16.2. The highest BCUT2D eigenvalue weighted by molar-refractivity contribution is 6.02. The van der Waals surface area contributed by atoms with Crippen molar-refractivity contribution in [2.24, 2.45) is 0 Å². The molecule has 0 spiro atoms. The Morgan fingerprint density at radius 3 is 1.63 bits per heavy atom. The number of aromatic nitrogens is 7. The molecule has 2 fully saturated rings. The van der Waals surface area contributed by atoms with Gasteiger partial charge in [-0.05, 0) is 85.3 Å². The van der Waals surface area contributed by atoms with Crippen LogP contribution in [0.3, 0.4) is 0 Å². The zero-order valence-corrected chi connectivity index (χ0v) is 39.3. The molecule has 0 atom stereocenters. The van der Waals surface area contributed by atoms with Crippen LogP contribution < -0.4 is 36.3 Å². The second-order valence-electron chi connectivity index (χ2n) is 16.2. The van der Waals surface area contributed by atoms with Crippen LogP contribution in [0, 0.1) is 0 Å². The molecule has 0 aliphatic carbocycles. The third-order valence-electron chi connectivity index (χ3n) is 12.0. The van der Waals surface area contributed by atoms with Gasteiger partial charge in [-0.25, -0.2) is 29.5 Å². The molecule has 19 nitrogen and oxygen atoms in total. The first-order chi connectivity index (χ1) is 33.8. The molecule has 3 aromatic carbocycles. The Balaban J connectivity index is 0.000000186. The quantitative estimate of drug-likeness (QED) is 0.0944. The lowest BCUT2D eigenvalue weighted by molar-refractivity contribution is 0.0705. The minimum absolute atomic E-state index is 0. The number of ether oxygens (including phenoxy) is 6. The summed E-state index contributed by atoms with van der Waals surface area (Å²) in [6, 6.07) is 25.9. The van der Waals surface area contributed by atoms with E-state index in [4.69, 9.17) is 39.9 Å². The highest BCUT2D eigenvalue weighted by Crippen LogP contribution is 2.41. The number of carbonyl (C=O) groups is 2. The number of pyridine rings is 1. The van der Waals surface area contributed by atoms with Gasteiger partial charge in [0.15, 0.2) is 0 Å². The number of fused-ring (bicyclic) bond motifs is 2. The van der Waals surface area contributed by atoms with Gasteiger partial charge in [0.05, 0.1) is 42.1 Å². The fourth-order valence-electron chi connectivity index (χ4n) is 8.56. The van der Waals surface area contributed by atoms with E-state index < -0.39 is 12.2 Å². The molecule has 8 aromatic rings. The topological polar surface area (TPSA) is 240 Å².